The van der Waals surface area contributed by atoms with E-state index in [-0.39, 0.29) is 11.5 Å². The Morgan fingerprint density at radius 3 is 2.56 bits per heavy atom. The lowest BCUT2D eigenvalue weighted by molar-refractivity contribution is 0.100. The molecule has 0 fully saturated rings. The molecule has 1 aromatic heterocycles. The highest BCUT2D eigenvalue weighted by molar-refractivity contribution is 5.93. The molecule has 0 spiro atoms. The second-order valence-electron chi connectivity index (χ2n) is 3.56. The third-order valence-electron chi connectivity index (χ3n) is 2.32. The van der Waals surface area contributed by atoms with E-state index < -0.39 is 11.5 Å². The van der Waals surface area contributed by atoms with Crippen LogP contribution in [0.1, 0.15) is 10.4 Å². The highest BCUT2D eigenvalue weighted by atomic mass is 16.1. The predicted molar refractivity (Wildman–Crippen MR) is 67.5 cm³/mol. The van der Waals surface area contributed by atoms with Gasteiger partial charge in [0.1, 0.15) is 5.69 Å². The van der Waals surface area contributed by atoms with Crippen molar-refractivity contribution in [1.29, 1.82) is 0 Å². The van der Waals surface area contributed by atoms with Gasteiger partial charge in [-0.1, -0.05) is 0 Å². The number of anilines is 3. The Hall–Kier alpha value is -2.83. The van der Waals surface area contributed by atoms with E-state index in [0.717, 1.165) is 0 Å². The third kappa shape index (κ3) is 2.29. The SMILES string of the molecule is NC(=O)c1ccc(Nc2nc[nH]c(=O)c2N)cc1. The van der Waals surface area contributed by atoms with Gasteiger partial charge in [-0.15, -0.1) is 0 Å². The number of benzene rings is 1. The predicted octanol–water partition coefficient (Wildman–Crippen LogP) is 0.195. The van der Waals surface area contributed by atoms with Gasteiger partial charge in [0.25, 0.3) is 5.56 Å². The standard InChI is InChI=1S/C11H11N5O2/c12-8-10(14-5-15-11(8)18)16-7-3-1-6(2-4-7)9(13)17/h1-5H,12H2,(H2,13,17)(H2,14,15,16,18). The van der Waals surface area contributed by atoms with Gasteiger partial charge in [0, 0.05) is 11.3 Å². The van der Waals surface area contributed by atoms with E-state index in [0.29, 0.717) is 11.3 Å². The normalized spacial score (nSPS) is 10.0. The molecule has 1 amide bonds. The summed E-state index contributed by atoms with van der Waals surface area (Å²) in [5, 5.41) is 2.87. The molecule has 2 aromatic rings. The van der Waals surface area contributed by atoms with Crippen molar-refractivity contribution in [3.8, 4) is 0 Å². The number of rotatable bonds is 3. The summed E-state index contributed by atoms with van der Waals surface area (Å²) in [7, 11) is 0. The van der Waals surface area contributed by atoms with Crippen LogP contribution in [-0.2, 0) is 0 Å². The number of hydrogen-bond acceptors (Lipinski definition) is 5. The van der Waals surface area contributed by atoms with Crippen LogP contribution in [0, 0.1) is 0 Å². The number of nitrogens with two attached hydrogens (primary N) is 2. The van der Waals surface area contributed by atoms with Crippen molar-refractivity contribution in [3.63, 3.8) is 0 Å². The number of aromatic nitrogens is 2. The summed E-state index contributed by atoms with van der Waals surface area (Å²) in [6.45, 7) is 0. The van der Waals surface area contributed by atoms with Crippen LogP contribution in [0.5, 0.6) is 0 Å². The Bertz CT molecular complexity index is 633. The van der Waals surface area contributed by atoms with Crippen molar-refractivity contribution < 1.29 is 4.79 Å². The van der Waals surface area contributed by atoms with E-state index >= 15 is 0 Å². The zero-order valence-corrected chi connectivity index (χ0v) is 9.31. The molecule has 0 aliphatic carbocycles. The number of amides is 1. The fraction of sp³-hybridized carbons (Fsp3) is 0. The number of hydrogen-bond donors (Lipinski definition) is 4. The van der Waals surface area contributed by atoms with Crippen LogP contribution in [0.3, 0.4) is 0 Å². The lowest BCUT2D eigenvalue weighted by atomic mass is 10.2. The van der Waals surface area contributed by atoms with Crippen LogP contribution in [0.15, 0.2) is 35.4 Å². The minimum absolute atomic E-state index is 0.00326. The first-order valence-electron chi connectivity index (χ1n) is 5.08. The Labute approximate surface area is 102 Å². The first-order valence-corrected chi connectivity index (χ1v) is 5.08. The summed E-state index contributed by atoms with van der Waals surface area (Å²) >= 11 is 0. The summed E-state index contributed by atoms with van der Waals surface area (Å²) in [5.41, 5.74) is 11.3. The van der Waals surface area contributed by atoms with Gasteiger partial charge in [0.15, 0.2) is 5.82 Å². The van der Waals surface area contributed by atoms with Gasteiger partial charge in [-0.3, -0.25) is 9.59 Å². The largest absolute Gasteiger partial charge is 0.391 e. The van der Waals surface area contributed by atoms with E-state index in [4.69, 9.17) is 11.5 Å². The number of aromatic amines is 1. The summed E-state index contributed by atoms with van der Waals surface area (Å²) in [4.78, 5) is 28.4. The molecule has 0 saturated heterocycles. The van der Waals surface area contributed by atoms with Crippen LogP contribution >= 0.6 is 0 Å². The Morgan fingerprint density at radius 2 is 1.94 bits per heavy atom. The van der Waals surface area contributed by atoms with E-state index in [9.17, 15) is 9.59 Å². The van der Waals surface area contributed by atoms with Crippen molar-refractivity contribution in [3.05, 3.63) is 46.5 Å². The number of nitrogens with one attached hydrogen (secondary N) is 2. The smallest absolute Gasteiger partial charge is 0.276 e. The molecule has 18 heavy (non-hydrogen) atoms. The molecular weight excluding hydrogens is 234 g/mol. The third-order valence-corrected chi connectivity index (χ3v) is 2.32. The molecule has 0 atom stereocenters. The fourth-order valence-corrected chi connectivity index (χ4v) is 1.36. The van der Waals surface area contributed by atoms with E-state index in [1.165, 1.54) is 6.33 Å². The topological polar surface area (TPSA) is 127 Å². The van der Waals surface area contributed by atoms with E-state index in [1.54, 1.807) is 24.3 Å². The Kier molecular flexibility index (Phi) is 2.96. The number of nitrogen functional groups attached to an aromatic ring is 1. The molecule has 0 bridgehead atoms. The minimum Gasteiger partial charge on any atom is -0.391 e. The van der Waals surface area contributed by atoms with Crippen molar-refractivity contribution in [2.24, 2.45) is 5.73 Å². The summed E-state index contributed by atoms with van der Waals surface area (Å²) in [6, 6.07) is 6.41. The summed E-state index contributed by atoms with van der Waals surface area (Å²) < 4.78 is 0. The maximum absolute atomic E-state index is 11.3. The van der Waals surface area contributed by atoms with Crippen LogP contribution in [0.4, 0.5) is 17.2 Å². The Balaban J connectivity index is 2.26. The van der Waals surface area contributed by atoms with Gasteiger partial charge in [-0.25, -0.2) is 4.98 Å². The quantitative estimate of drug-likeness (QED) is 0.614. The minimum atomic E-state index is -0.504. The van der Waals surface area contributed by atoms with Crippen molar-refractivity contribution >= 4 is 23.1 Å². The molecule has 0 aliphatic rings. The molecule has 7 heteroatoms. The van der Waals surface area contributed by atoms with Gasteiger partial charge in [-0.2, -0.15) is 0 Å². The second-order valence-corrected chi connectivity index (χ2v) is 3.56. The zero-order valence-electron chi connectivity index (χ0n) is 9.31. The molecule has 1 heterocycles. The molecule has 6 N–H and O–H groups in total. The summed E-state index contributed by atoms with van der Waals surface area (Å²) in [6.07, 6.45) is 1.25. The van der Waals surface area contributed by atoms with Gasteiger partial charge in [0.2, 0.25) is 5.91 Å². The van der Waals surface area contributed by atoms with Crippen molar-refractivity contribution in [2.45, 2.75) is 0 Å². The van der Waals surface area contributed by atoms with E-state index in [2.05, 4.69) is 15.3 Å². The number of primary amides is 1. The lowest BCUT2D eigenvalue weighted by Crippen LogP contribution is -2.14. The van der Waals surface area contributed by atoms with E-state index in [1.807, 2.05) is 0 Å². The van der Waals surface area contributed by atoms with Gasteiger partial charge in [-0.05, 0) is 24.3 Å². The maximum atomic E-state index is 11.3. The average Bonchev–Trinajstić information content (AvgIpc) is 2.36. The van der Waals surface area contributed by atoms with Gasteiger partial charge >= 0.3 is 0 Å². The van der Waals surface area contributed by atoms with Crippen LogP contribution in [-0.4, -0.2) is 15.9 Å². The first kappa shape index (κ1) is 11.6. The van der Waals surface area contributed by atoms with Crippen LogP contribution in [0.2, 0.25) is 0 Å². The number of carbonyl (C=O) groups excluding carboxylic acids is 1. The average molecular weight is 245 g/mol. The molecule has 92 valence electrons. The second kappa shape index (κ2) is 4.58. The fourth-order valence-electron chi connectivity index (χ4n) is 1.36. The first-order chi connectivity index (χ1) is 8.58. The molecule has 0 unspecified atom stereocenters. The molecule has 0 aliphatic heterocycles. The summed E-state index contributed by atoms with van der Waals surface area (Å²) in [5.74, 6) is -0.249. The van der Waals surface area contributed by atoms with Crippen LogP contribution < -0.4 is 22.3 Å². The maximum Gasteiger partial charge on any atom is 0.276 e. The molecule has 0 saturated carbocycles. The molecule has 0 radical (unpaired) electrons. The van der Waals surface area contributed by atoms with Crippen molar-refractivity contribution in [1.82, 2.24) is 9.97 Å². The highest BCUT2D eigenvalue weighted by Crippen LogP contribution is 2.17. The van der Waals surface area contributed by atoms with Gasteiger partial charge in [0.05, 0.1) is 6.33 Å². The molecule has 2 rings (SSSR count). The molecular formula is C11H11N5O2. The van der Waals surface area contributed by atoms with Gasteiger partial charge < -0.3 is 21.8 Å². The zero-order chi connectivity index (χ0) is 13.1. The highest BCUT2D eigenvalue weighted by Gasteiger charge is 2.05. The molecule has 7 nitrogen and oxygen atoms in total. The van der Waals surface area contributed by atoms with Crippen LogP contribution in [0.25, 0.3) is 0 Å². The number of carbonyl (C=O) groups is 1. The molecule has 1 aromatic carbocycles. The number of nitrogens with zero attached hydrogens (tertiary/aromatic N) is 1. The number of H-pyrrole nitrogens is 1. The lowest BCUT2D eigenvalue weighted by Gasteiger charge is -2.07. The van der Waals surface area contributed by atoms with Crippen molar-refractivity contribution in [2.75, 3.05) is 11.1 Å². The monoisotopic (exact) mass is 245 g/mol. The Morgan fingerprint density at radius 1 is 1.28 bits per heavy atom.